The maximum atomic E-state index is 6.28. The first kappa shape index (κ1) is 15.1. The van der Waals surface area contributed by atoms with Crippen molar-refractivity contribution in [3.8, 4) is 5.88 Å². The minimum absolute atomic E-state index is 0.275. The van der Waals surface area contributed by atoms with Gasteiger partial charge in [-0.2, -0.15) is 4.98 Å². The first-order chi connectivity index (χ1) is 9.51. The molecule has 1 aliphatic rings. The van der Waals surface area contributed by atoms with Crippen LogP contribution in [0.1, 0.15) is 45.6 Å². The molecule has 1 N–H and O–H groups in total. The van der Waals surface area contributed by atoms with Gasteiger partial charge in [0.1, 0.15) is 6.10 Å². The highest BCUT2D eigenvalue weighted by Crippen LogP contribution is 2.36. The van der Waals surface area contributed by atoms with Crippen LogP contribution in [0.3, 0.4) is 0 Å². The summed E-state index contributed by atoms with van der Waals surface area (Å²) in [4.78, 5) is 8.68. The fourth-order valence-electron chi connectivity index (χ4n) is 3.06. The summed E-state index contributed by atoms with van der Waals surface area (Å²) in [5.74, 6) is 3.36. The molecule has 1 fully saturated rings. The molecule has 0 aromatic carbocycles. The van der Waals surface area contributed by atoms with Crippen molar-refractivity contribution in [3.63, 3.8) is 0 Å². The number of rotatable bonds is 4. The van der Waals surface area contributed by atoms with Crippen LogP contribution in [-0.4, -0.2) is 23.1 Å². The average molecular weight is 277 g/mol. The summed E-state index contributed by atoms with van der Waals surface area (Å²) in [6.07, 6.45) is 5.79. The Labute approximate surface area is 122 Å². The molecule has 112 valence electrons. The van der Waals surface area contributed by atoms with Gasteiger partial charge in [-0.25, -0.2) is 4.98 Å². The van der Waals surface area contributed by atoms with Crippen molar-refractivity contribution in [1.29, 1.82) is 0 Å². The number of aromatic nitrogens is 2. The zero-order valence-electron chi connectivity index (χ0n) is 13.3. The zero-order valence-corrected chi connectivity index (χ0v) is 13.3. The molecule has 3 atom stereocenters. The van der Waals surface area contributed by atoms with Crippen LogP contribution < -0.4 is 10.1 Å². The minimum atomic E-state index is 0.275. The molecule has 0 spiro atoms. The van der Waals surface area contributed by atoms with Crippen molar-refractivity contribution >= 4 is 5.95 Å². The normalized spacial score (nSPS) is 26.6. The largest absolute Gasteiger partial charge is 0.474 e. The van der Waals surface area contributed by atoms with Gasteiger partial charge >= 0.3 is 0 Å². The predicted octanol–water partition coefficient (Wildman–Crippen LogP) is 3.67. The van der Waals surface area contributed by atoms with Crippen LogP contribution in [0.5, 0.6) is 5.88 Å². The summed E-state index contributed by atoms with van der Waals surface area (Å²) in [5, 5.41) is 2.97. The molecule has 4 heteroatoms. The molecule has 20 heavy (non-hydrogen) atoms. The fourth-order valence-corrected chi connectivity index (χ4v) is 3.06. The van der Waals surface area contributed by atoms with E-state index in [0.717, 1.165) is 23.8 Å². The van der Waals surface area contributed by atoms with E-state index in [9.17, 15) is 0 Å². The Balaban J connectivity index is 2.17. The second-order valence-electron chi connectivity index (χ2n) is 6.41. The number of hydrogen-bond donors (Lipinski definition) is 1. The van der Waals surface area contributed by atoms with Gasteiger partial charge in [0.05, 0.1) is 0 Å². The molecule has 0 bridgehead atoms. The zero-order chi connectivity index (χ0) is 14.7. The molecule has 3 unspecified atom stereocenters. The van der Waals surface area contributed by atoms with Crippen LogP contribution in [0, 0.1) is 24.7 Å². The predicted molar refractivity (Wildman–Crippen MR) is 82.1 cm³/mol. The number of anilines is 1. The van der Waals surface area contributed by atoms with Crippen LogP contribution >= 0.6 is 0 Å². The lowest BCUT2D eigenvalue weighted by Gasteiger charge is -2.37. The Hall–Kier alpha value is -1.32. The van der Waals surface area contributed by atoms with E-state index in [1.807, 2.05) is 20.2 Å². The summed E-state index contributed by atoms with van der Waals surface area (Å²) in [6.45, 7) is 8.91. The first-order valence-electron chi connectivity index (χ1n) is 7.69. The molecule has 2 rings (SSSR count). The van der Waals surface area contributed by atoms with Crippen LogP contribution in [0.15, 0.2) is 6.20 Å². The van der Waals surface area contributed by atoms with Gasteiger partial charge in [0.2, 0.25) is 11.8 Å². The highest BCUT2D eigenvalue weighted by Gasteiger charge is 2.32. The third-order valence-electron chi connectivity index (χ3n) is 4.37. The van der Waals surface area contributed by atoms with Gasteiger partial charge in [-0.15, -0.1) is 0 Å². The van der Waals surface area contributed by atoms with Crippen LogP contribution in [0.2, 0.25) is 0 Å². The van der Waals surface area contributed by atoms with Crippen molar-refractivity contribution < 1.29 is 4.74 Å². The molecular formula is C16H27N3O. The summed E-state index contributed by atoms with van der Waals surface area (Å²) in [5.41, 5.74) is 1.00. The van der Waals surface area contributed by atoms with Gasteiger partial charge in [0.15, 0.2) is 0 Å². The lowest BCUT2D eigenvalue weighted by Crippen LogP contribution is -2.36. The molecule has 1 aromatic heterocycles. The quantitative estimate of drug-likeness (QED) is 0.912. The summed E-state index contributed by atoms with van der Waals surface area (Å²) < 4.78 is 6.28. The number of aryl methyl sites for hydroxylation is 1. The van der Waals surface area contributed by atoms with E-state index >= 15 is 0 Å². The maximum Gasteiger partial charge on any atom is 0.225 e. The van der Waals surface area contributed by atoms with E-state index in [2.05, 4.69) is 36.1 Å². The second kappa shape index (κ2) is 6.42. The molecule has 1 aromatic rings. The van der Waals surface area contributed by atoms with Crippen molar-refractivity contribution in [1.82, 2.24) is 9.97 Å². The summed E-state index contributed by atoms with van der Waals surface area (Å²) in [7, 11) is 1.83. The van der Waals surface area contributed by atoms with Gasteiger partial charge < -0.3 is 10.1 Å². The molecular weight excluding hydrogens is 250 g/mol. The standard InChI is InChI=1S/C16H27N3O/c1-10(2)13-7-6-11(3)8-14(13)20-15-12(4)9-18-16(17-5)19-15/h9-11,13-14H,6-8H2,1-5H3,(H,17,18,19). The van der Waals surface area contributed by atoms with Crippen molar-refractivity contribution in [2.45, 2.75) is 53.1 Å². The molecule has 4 nitrogen and oxygen atoms in total. The van der Waals surface area contributed by atoms with E-state index in [1.54, 1.807) is 0 Å². The molecule has 0 aliphatic heterocycles. The lowest BCUT2D eigenvalue weighted by molar-refractivity contribution is 0.0421. The van der Waals surface area contributed by atoms with Crippen molar-refractivity contribution in [2.75, 3.05) is 12.4 Å². The van der Waals surface area contributed by atoms with Crippen LogP contribution in [0.4, 0.5) is 5.95 Å². The summed E-state index contributed by atoms with van der Waals surface area (Å²) >= 11 is 0. The van der Waals surface area contributed by atoms with Gasteiger partial charge in [-0.1, -0.05) is 27.2 Å². The van der Waals surface area contributed by atoms with Gasteiger partial charge in [-0.3, -0.25) is 0 Å². The Morgan fingerprint density at radius 2 is 2.10 bits per heavy atom. The fraction of sp³-hybridized carbons (Fsp3) is 0.750. The molecule has 1 heterocycles. The highest BCUT2D eigenvalue weighted by molar-refractivity contribution is 5.32. The third kappa shape index (κ3) is 3.41. The monoisotopic (exact) mass is 277 g/mol. The van der Waals surface area contributed by atoms with Gasteiger partial charge in [0, 0.05) is 18.8 Å². The maximum absolute atomic E-state index is 6.28. The molecule has 0 radical (unpaired) electrons. The van der Waals surface area contributed by atoms with E-state index in [-0.39, 0.29) is 6.10 Å². The van der Waals surface area contributed by atoms with E-state index < -0.39 is 0 Å². The van der Waals surface area contributed by atoms with Crippen LogP contribution in [0.25, 0.3) is 0 Å². The van der Waals surface area contributed by atoms with Gasteiger partial charge in [0.25, 0.3) is 0 Å². The third-order valence-corrected chi connectivity index (χ3v) is 4.37. The topological polar surface area (TPSA) is 47.0 Å². The van der Waals surface area contributed by atoms with Crippen molar-refractivity contribution in [3.05, 3.63) is 11.8 Å². The number of nitrogens with one attached hydrogen (secondary N) is 1. The number of ether oxygens (including phenoxy) is 1. The molecule has 0 amide bonds. The lowest BCUT2D eigenvalue weighted by atomic mass is 9.75. The molecule has 0 saturated heterocycles. The highest BCUT2D eigenvalue weighted by atomic mass is 16.5. The minimum Gasteiger partial charge on any atom is -0.474 e. The smallest absolute Gasteiger partial charge is 0.225 e. The molecule has 1 saturated carbocycles. The molecule has 1 aliphatic carbocycles. The van der Waals surface area contributed by atoms with Crippen LogP contribution in [-0.2, 0) is 0 Å². The van der Waals surface area contributed by atoms with Gasteiger partial charge in [-0.05, 0) is 37.5 Å². The SMILES string of the molecule is CNc1ncc(C)c(OC2CC(C)CCC2C(C)C)n1. The summed E-state index contributed by atoms with van der Waals surface area (Å²) in [6, 6.07) is 0. The Morgan fingerprint density at radius 3 is 2.75 bits per heavy atom. The number of hydrogen-bond acceptors (Lipinski definition) is 4. The average Bonchev–Trinajstić information content (AvgIpc) is 2.41. The Morgan fingerprint density at radius 1 is 1.35 bits per heavy atom. The first-order valence-corrected chi connectivity index (χ1v) is 7.69. The van der Waals surface area contributed by atoms with Crippen molar-refractivity contribution in [2.24, 2.45) is 17.8 Å². The van der Waals surface area contributed by atoms with E-state index in [0.29, 0.717) is 17.8 Å². The Bertz CT molecular complexity index is 447. The van der Waals surface area contributed by atoms with E-state index in [4.69, 9.17) is 4.74 Å². The Kier molecular flexibility index (Phi) is 4.84. The second-order valence-corrected chi connectivity index (χ2v) is 6.41. The number of nitrogens with zero attached hydrogens (tertiary/aromatic N) is 2. The van der Waals surface area contributed by atoms with E-state index in [1.165, 1.54) is 12.8 Å².